The molecule has 0 fully saturated rings. The molecule has 2 aromatic rings. The van der Waals surface area contributed by atoms with Gasteiger partial charge in [0.25, 0.3) is 5.91 Å². The Hall–Kier alpha value is -2.27. The number of amides is 1. The minimum atomic E-state index is -0.594. The first kappa shape index (κ1) is 16.1. The fourth-order valence-corrected chi connectivity index (χ4v) is 2.36. The number of carbonyl (C=O) groups is 1. The van der Waals surface area contributed by atoms with Crippen molar-refractivity contribution in [3.63, 3.8) is 0 Å². The number of aryl methyl sites for hydroxylation is 1. The van der Waals surface area contributed by atoms with Crippen LogP contribution in [0.5, 0.6) is 11.5 Å². The van der Waals surface area contributed by atoms with Crippen molar-refractivity contribution in [2.45, 2.75) is 20.5 Å². The first-order chi connectivity index (χ1) is 10.4. The summed E-state index contributed by atoms with van der Waals surface area (Å²) in [5.41, 5.74) is 8.16. The lowest BCUT2D eigenvalue weighted by molar-refractivity contribution is 0.0996. The summed E-state index contributed by atoms with van der Waals surface area (Å²) in [5, 5.41) is 0.424. The number of ether oxygens (including phenoxy) is 2. The van der Waals surface area contributed by atoms with Crippen LogP contribution in [-0.2, 0) is 6.61 Å². The van der Waals surface area contributed by atoms with E-state index in [2.05, 4.69) is 4.98 Å². The second kappa shape index (κ2) is 6.66. The first-order valence-corrected chi connectivity index (χ1v) is 7.03. The van der Waals surface area contributed by atoms with E-state index in [1.54, 1.807) is 25.4 Å². The standard InChI is InChI=1S/C16H17ClN2O3/c1-9-7-19-13(10(2)15(9)21-3)8-22-14-5-4-11(17)6-12(14)16(18)20/h4-7H,8H2,1-3H3,(H2,18,20). The number of aromatic nitrogens is 1. The summed E-state index contributed by atoms with van der Waals surface area (Å²) >= 11 is 5.87. The monoisotopic (exact) mass is 320 g/mol. The second-order valence-electron chi connectivity index (χ2n) is 4.84. The van der Waals surface area contributed by atoms with Crippen molar-refractivity contribution in [2.75, 3.05) is 7.11 Å². The van der Waals surface area contributed by atoms with Gasteiger partial charge < -0.3 is 15.2 Å². The molecule has 1 aromatic carbocycles. The average molecular weight is 321 g/mol. The van der Waals surface area contributed by atoms with Crippen LogP contribution in [-0.4, -0.2) is 18.0 Å². The van der Waals surface area contributed by atoms with Gasteiger partial charge in [-0.05, 0) is 32.0 Å². The zero-order valence-electron chi connectivity index (χ0n) is 12.6. The maximum Gasteiger partial charge on any atom is 0.252 e. The lowest BCUT2D eigenvalue weighted by Gasteiger charge is -2.14. The number of rotatable bonds is 5. The Morgan fingerprint density at radius 3 is 2.73 bits per heavy atom. The smallest absolute Gasteiger partial charge is 0.252 e. The van der Waals surface area contributed by atoms with Crippen molar-refractivity contribution < 1.29 is 14.3 Å². The molecule has 0 aliphatic carbocycles. The Labute approximate surface area is 134 Å². The molecule has 1 amide bonds. The highest BCUT2D eigenvalue weighted by molar-refractivity contribution is 6.31. The van der Waals surface area contributed by atoms with E-state index in [9.17, 15) is 4.79 Å². The zero-order valence-corrected chi connectivity index (χ0v) is 13.4. The van der Waals surface area contributed by atoms with E-state index in [4.69, 9.17) is 26.8 Å². The molecular formula is C16H17ClN2O3. The van der Waals surface area contributed by atoms with Crippen molar-refractivity contribution in [2.24, 2.45) is 5.73 Å². The number of hydrogen-bond acceptors (Lipinski definition) is 4. The van der Waals surface area contributed by atoms with Gasteiger partial charge in [-0.2, -0.15) is 0 Å². The third-order valence-electron chi connectivity index (χ3n) is 3.32. The van der Waals surface area contributed by atoms with Gasteiger partial charge in [-0.25, -0.2) is 0 Å². The molecule has 1 aromatic heterocycles. The number of primary amides is 1. The van der Waals surface area contributed by atoms with Crippen molar-refractivity contribution in [1.82, 2.24) is 4.98 Å². The number of nitrogens with two attached hydrogens (primary N) is 1. The number of nitrogens with zero attached hydrogens (tertiary/aromatic N) is 1. The fourth-order valence-electron chi connectivity index (χ4n) is 2.18. The summed E-state index contributed by atoms with van der Waals surface area (Å²) in [4.78, 5) is 15.8. The van der Waals surface area contributed by atoms with Gasteiger partial charge >= 0.3 is 0 Å². The molecule has 0 bridgehead atoms. The predicted octanol–water partition coefficient (Wildman–Crippen LogP) is 3.04. The highest BCUT2D eigenvalue weighted by Gasteiger charge is 2.13. The highest BCUT2D eigenvalue weighted by atomic mass is 35.5. The summed E-state index contributed by atoms with van der Waals surface area (Å²) in [7, 11) is 1.62. The molecule has 2 N–H and O–H groups in total. The molecule has 22 heavy (non-hydrogen) atoms. The number of benzene rings is 1. The maximum atomic E-state index is 11.4. The third kappa shape index (κ3) is 3.31. The summed E-state index contributed by atoms with van der Waals surface area (Å²) in [6.45, 7) is 4.03. The van der Waals surface area contributed by atoms with Gasteiger partial charge in [-0.3, -0.25) is 9.78 Å². The number of carbonyl (C=O) groups excluding carboxylic acids is 1. The molecule has 116 valence electrons. The van der Waals surface area contributed by atoms with Gasteiger partial charge in [-0.1, -0.05) is 11.6 Å². The van der Waals surface area contributed by atoms with Crippen LogP contribution in [0.3, 0.4) is 0 Å². The van der Waals surface area contributed by atoms with Gasteiger partial charge in [0.15, 0.2) is 0 Å². The molecule has 0 saturated heterocycles. The number of methoxy groups -OCH3 is 1. The van der Waals surface area contributed by atoms with Gasteiger partial charge in [0.2, 0.25) is 0 Å². The fraction of sp³-hybridized carbons (Fsp3) is 0.250. The van der Waals surface area contributed by atoms with E-state index in [-0.39, 0.29) is 12.2 Å². The van der Waals surface area contributed by atoms with Crippen LogP contribution in [0.15, 0.2) is 24.4 Å². The summed E-state index contributed by atoms with van der Waals surface area (Å²) in [5.74, 6) is 0.557. The summed E-state index contributed by atoms with van der Waals surface area (Å²) in [6.07, 6.45) is 1.72. The summed E-state index contributed by atoms with van der Waals surface area (Å²) < 4.78 is 11.0. The molecule has 0 aliphatic rings. The highest BCUT2D eigenvalue weighted by Crippen LogP contribution is 2.27. The molecule has 2 rings (SSSR count). The van der Waals surface area contributed by atoms with E-state index in [1.807, 2.05) is 13.8 Å². The Balaban J connectivity index is 2.26. The Morgan fingerprint density at radius 2 is 2.09 bits per heavy atom. The van der Waals surface area contributed by atoms with Crippen molar-refractivity contribution in [3.05, 3.63) is 51.8 Å². The molecule has 0 unspecified atom stereocenters. The Kier molecular flexibility index (Phi) is 4.88. The number of halogens is 1. The van der Waals surface area contributed by atoms with Gasteiger partial charge in [0.05, 0.1) is 18.4 Å². The quantitative estimate of drug-likeness (QED) is 0.918. The molecular weight excluding hydrogens is 304 g/mol. The average Bonchev–Trinajstić information content (AvgIpc) is 2.48. The van der Waals surface area contributed by atoms with E-state index in [0.29, 0.717) is 10.8 Å². The van der Waals surface area contributed by atoms with E-state index >= 15 is 0 Å². The minimum absolute atomic E-state index is 0.199. The Morgan fingerprint density at radius 1 is 1.36 bits per heavy atom. The molecule has 0 atom stereocenters. The maximum absolute atomic E-state index is 11.4. The topological polar surface area (TPSA) is 74.4 Å². The van der Waals surface area contributed by atoms with Crippen LogP contribution in [0.4, 0.5) is 0 Å². The molecule has 6 heteroatoms. The lowest BCUT2D eigenvalue weighted by atomic mass is 10.1. The normalized spacial score (nSPS) is 10.4. The lowest BCUT2D eigenvalue weighted by Crippen LogP contribution is -2.13. The van der Waals surface area contributed by atoms with Crippen molar-refractivity contribution >= 4 is 17.5 Å². The van der Waals surface area contributed by atoms with E-state index in [1.165, 1.54) is 6.07 Å². The SMILES string of the molecule is COc1c(C)cnc(COc2ccc(Cl)cc2C(N)=O)c1C. The Bertz CT molecular complexity index is 717. The van der Waals surface area contributed by atoms with Crippen LogP contribution in [0.25, 0.3) is 0 Å². The molecule has 5 nitrogen and oxygen atoms in total. The van der Waals surface area contributed by atoms with Crippen LogP contribution in [0, 0.1) is 13.8 Å². The molecule has 1 heterocycles. The van der Waals surface area contributed by atoms with Gasteiger partial charge in [0.1, 0.15) is 18.1 Å². The van der Waals surface area contributed by atoms with Crippen molar-refractivity contribution in [3.8, 4) is 11.5 Å². The molecule has 0 saturated carbocycles. The second-order valence-corrected chi connectivity index (χ2v) is 5.28. The number of hydrogen-bond donors (Lipinski definition) is 1. The van der Waals surface area contributed by atoms with Crippen LogP contribution < -0.4 is 15.2 Å². The predicted molar refractivity (Wildman–Crippen MR) is 84.6 cm³/mol. The van der Waals surface area contributed by atoms with Gasteiger partial charge in [0, 0.05) is 22.3 Å². The first-order valence-electron chi connectivity index (χ1n) is 6.65. The van der Waals surface area contributed by atoms with E-state index < -0.39 is 5.91 Å². The molecule has 0 spiro atoms. The minimum Gasteiger partial charge on any atom is -0.496 e. The molecule has 0 aliphatic heterocycles. The largest absolute Gasteiger partial charge is 0.496 e. The third-order valence-corrected chi connectivity index (χ3v) is 3.56. The van der Waals surface area contributed by atoms with E-state index in [0.717, 1.165) is 22.6 Å². The number of pyridine rings is 1. The van der Waals surface area contributed by atoms with Gasteiger partial charge in [-0.15, -0.1) is 0 Å². The van der Waals surface area contributed by atoms with Crippen LogP contribution in [0.1, 0.15) is 27.2 Å². The van der Waals surface area contributed by atoms with Crippen LogP contribution >= 0.6 is 11.6 Å². The molecule has 0 radical (unpaired) electrons. The summed E-state index contributed by atoms with van der Waals surface area (Å²) in [6, 6.07) is 4.73. The van der Waals surface area contributed by atoms with Crippen molar-refractivity contribution in [1.29, 1.82) is 0 Å². The van der Waals surface area contributed by atoms with Crippen LogP contribution in [0.2, 0.25) is 5.02 Å². The zero-order chi connectivity index (χ0) is 16.3.